The predicted molar refractivity (Wildman–Crippen MR) is 108 cm³/mol. The number of amides is 1. The molecule has 0 aromatic heterocycles. The minimum atomic E-state index is -3.55. The van der Waals surface area contributed by atoms with Crippen molar-refractivity contribution in [1.82, 2.24) is 9.62 Å². The lowest BCUT2D eigenvalue weighted by atomic mass is 10.1. The van der Waals surface area contributed by atoms with Gasteiger partial charge in [0.05, 0.1) is 18.4 Å². The lowest BCUT2D eigenvalue weighted by Crippen LogP contribution is -2.46. The molecule has 2 aromatic rings. The molecule has 0 atom stereocenters. The van der Waals surface area contributed by atoms with Crippen LogP contribution in [0.1, 0.15) is 18.4 Å². The molecule has 1 N–H and O–H groups in total. The summed E-state index contributed by atoms with van der Waals surface area (Å²) in [5.74, 6) is 0.503. The van der Waals surface area contributed by atoms with Crippen molar-refractivity contribution < 1.29 is 17.9 Å². The van der Waals surface area contributed by atoms with Gasteiger partial charge in [-0.3, -0.25) is 4.79 Å². The molecule has 8 heteroatoms. The van der Waals surface area contributed by atoms with Crippen molar-refractivity contribution in [2.75, 3.05) is 20.2 Å². The lowest BCUT2D eigenvalue weighted by Gasteiger charge is -2.31. The molecule has 2 aromatic carbocycles. The maximum absolute atomic E-state index is 12.8. The van der Waals surface area contributed by atoms with Gasteiger partial charge in [0.25, 0.3) is 0 Å². The predicted octanol–water partition coefficient (Wildman–Crippen LogP) is 2.86. The molecule has 1 amide bonds. The monoisotopic (exact) mass is 422 g/mol. The lowest BCUT2D eigenvalue weighted by molar-refractivity contribution is -0.121. The Kier molecular flexibility index (Phi) is 6.59. The van der Waals surface area contributed by atoms with E-state index < -0.39 is 10.0 Å². The molecule has 6 nitrogen and oxygen atoms in total. The zero-order valence-electron chi connectivity index (χ0n) is 15.6. The number of nitrogens with one attached hydrogen (secondary N) is 1. The smallest absolute Gasteiger partial charge is 0.243 e. The van der Waals surface area contributed by atoms with Gasteiger partial charge in [0.1, 0.15) is 5.75 Å². The summed E-state index contributed by atoms with van der Waals surface area (Å²) in [6.07, 6.45) is 1.36. The van der Waals surface area contributed by atoms with Crippen molar-refractivity contribution in [1.29, 1.82) is 0 Å². The van der Waals surface area contributed by atoms with Crippen molar-refractivity contribution in [2.24, 2.45) is 0 Å². The first kappa shape index (κ1) is 20.6. The fourth-order valence-electron chi connectivity index (χ4n) is 3.23. The molecule has 1 saturated heterocycles. The largest absolute Gasteiger partial charge is 0.497 e. The number of rotatable bonds is 6. The van der Waals surface area contributed by atoms with Crippen molar-refractivity contribution in [3.05, 3.63) is 59.1 Å². The van der Waals surface area contributed by atoms with Crippen LogP contribution in [-0.2, 0) is 21.2 Å². The van der Waals surface area contributed by atoms with E-state index in [9.17, 15) is 13.2 Å². The molecular formula is C20H23ClN2O4S. The number of ether oxygens (including phenoxy) is 1. The van der Waals surface area contributed by atoms with Crippen molar-refractivity contribution in [3.8, 4) is 5.75 Å². The molecule has 0 bridgehead atoms. The summed E-state index contributed by atoms with van der Waals surface area (Å²) in [7, 11) is -2.01. The van der Waals surface area contributed by atoms with Gasteiger partial charge in [-0.25, -0.2) is 8.42 Å². The normalized spacial score (nSPS) is 15.9. The van der Waals surface area contributed by atoms with E-state index in [1.165, 1.54) is 11.4 Å². The summed E-state index contributed by atoms with van der Waals surface area (Å²) in [6.45, 7) is 0.733. The fraction of sp³-hybridized carbons (Fsp3) is 0.350. The SMILES string of the molecule is COc1ccc(S(=O)(=O)N2CCC(NC(=O)Cc3ccccc3Cl)CC2)cc1. The molecule has 0 aliphatic carbocycles. The third-order valence-electron chi connectivity index (χ3n) is 4.83. The van der Waals surface area contributed by atoms with Gasteiger partial charge in [-0.2, -0.15) is 4.31 Å². The van der Waals surface area contributed by atoms with Gasteiger partial charge < -0.3 is 10.1 Å². The Morgan fingerprint density at radius 2 is 1.79 bits per heavy atom. The minimum Gasteiger partial charge on any atom is -0.497 e. The van der Waals surface area contributed by atoms with Gasteiger partial charge in [-0.05, 0) is 48.7 Å². The molecule has 3 rings (SSSR count). The number of hydrogen-bond donors (Lipinski definition) is 1. The zero-order chi connectivity index (χ0) is 20.1. The Morgan fingerprint density at radius 3 is 2.39 bits per heavy atom. The number of sulfonamides is 1. The van der Waals surface area contributed by atoms with Crippen LogP contribution in [0.4, 0.5) is 0 Å². The molecule has 1 fully saturated rings. The number of halogens is 1. The second kappa shape index (κ2) is 8.94. The van der Waals surface area contributed by atoms with Crippen molar-refractivity contribution >= 4 is 27.5 Å². The van der Waals surface area contributed by atoms with Crippen LogP contribution in [0.5, 0.6) is 5.75 Å². The number of carbonyl (C=O) groups is 1. The molecule has 0 unspecified atom stereocenters. The maximum Gasteiger partial charge on any atom is 0.243 e. The number of benzene rings is 2. The van der Waals surface area contributed by atoms with Gasteiger partial charge in [0, 0.05) is 24.2 Å². The molecule has 1 heterocycles. The van der Waals surface area contributed by atoms with E-state index in [0.717, 1.165) is 5.56 Å². The van der Waals surface area contributed by atoms with E-state index in [2.05, 4.69) is 5.32 Å². The zero-order valence-corrected chi connectivity index (χ0v) is 17.2. The maximum atomic E-state index is 12.8. The quantitative estimate of drug-likeness (QED) is 0.776. The van der Waals surface area contributed by atoms with Crippen LogP contribution >= 0.6 is 11.6 Å². The van der Waals surface area contributed by atoms with E-state index in [4.69, 9.17) is 16.3 Å². The van der Waals surface area contributed by atoms with Gasteiger partial charge in [-0.1, -0.05) is 29.8 Å². The second-order valence-corrected chi connectivity index (χ2v) is 9.03. The average molecular weight is 423 g/mol. The van der Waals surface area contributed by atoms with E-state index in [-0.39, 0.29) is 23.3 Å². The van der Waals surface area contributed by atoms with Crippen molar-refractivity contribution in [2.45, 2.75) is 30.2 Å². The van der Waals surface area contributed by atoms with Crippen molar-refractivity contribution in [3.63, 3.8) is 0 Å². The standard InChI is InChI=1S/C20H23ClN2O4S/c1-27-17-6-8-18(9-7-17)28(25,26)23-12-10-16(11-13-23)22-20(24)14-15-4-2-3-5-19(15)21/h2-9,16H,10-14H2,1H3,(H,22,24). The van der Waals surface area contributed by atoms with Crippen LogP contribution in [0.15, 0.2) is 53.4 Å². The first-order valence-electron chi connectivity index (χ1n) is 9.07. The molecule has 0 spiro atoms. The Bertz CT molecular complexity index is 923. The summed E-state index contributed by atoms with van der Waals surface area (Å²) in [4.78, 5) is 12.5. The number of carbonyl (C=O) groups excluding carboxylic acids is 1. The summed E-state index contributed by atoms with van der Waals surface area (Å²) in [6, 6.07) is 13.6. The Labute approximate surface area is 170 Å². The summed E-state index contributed by atoms with van der Waals surface area (Å²) in [5, 5.41) is 3.55. The molecule has 1 aliphatic rings. The Balaban J connectivity index is 1.55. The number of nitrogens with zero attached hydrogens (tertiary/aromatic N) is 1. The molecule has 1 aliphatic heterocycles. The van der Waals surface area contributed by atoms with Gasteiger partial charge in [-0.15, -0.1) is 0 Å². The third kappa shape index (κ3) is 4.84. The van der Waals surface area contributed by atoms with E-state index in [1.54, 1.807) is 30.3 Å². The van der Waals surface area contributed by atoms with E-state index in [1.807, 2.05) is 18.2 Å². The second-order valence-electron chi connectivity index (χ2n) is 6.69. The highest BCUT2D eigenvalue weighted by Gasteiger charge is 2.30. The first-order chi connectivity index (χ1) is 13.4. The van der Waals surface area contributed by atoms with Crippen LogP contribution in [0, 0.1) is 0 Å². The van der Waals surface area contributed by atoms with Gasteiger partial charge in [0.15, 0.2) is 0 Å². The highest BCUT2D eigenvalue weighted by Crippen LogP contribution is 2.23. The Hall–Kier alpha value is -2.09. The van der Waals surface area contributed by atoms with E-state index >= 15 is 0 Å². The highest BCUT2D eigenvalue weighted by molar-refractivity contribution is 7.89. The van der Waals surface area contributed by atoms with Gasteiger partial charge in [0.2, 0.25) is 15.9 Å². The van der Waals surface area contributed by atoms with Crippen LogP contribution < -0.4 is 10.1 Å². The average Bonchev–Trinajstić information content (AvgIpc) is 2.70. The van der Waals surface area contributed by atoms with Crippen LogP contribution in [-0.4, -0.2) is 44.9 Å². The number of piperidine rings is 1. The number of methoxy groups -OCH3 is 1. The molecule has 150 valence electrons. The summed E-state index contributed by atoms with van der Waals surface area (Å²) in [5.41, 5.74) is 0.779. The molecule has 0 radical (unpaired) electrons. The van der Waals surface area contributed by atoms with Crippen LogP contribution in [0.3, 0.4) is 0 Å². The summed E-state index contributed by atoms with van der Waals surface area (Å²) < 4.78 is 32.1. The first-order valence-corrected chi connectivity index (χ1v) is 10.9. The molecule has 28 heavy (non-hydrogen) atoms. The Morgan fingerprint density at radius 1 is 1.14 bits per heavy atom. The van der Waals surface area contributed by atoms with Gasteiger partial charge >= 0.3 is 0 Å². The topological polar surface area (TPSA) is 75.7 Å². The molecular weight excluding hydrogens is 400 g/mol. The van der Waals surface area contributed by atoms with E-state index in [0.29, 0.717) is 36.7 Å². The summed E-state index contributed by atoms with van der Waals surface area (Å²) >= 11 is 6.10. The van der Waals surface area contributed by atoms with Crippen LogP contribution in [0.25, 0.3) is 0 Å². The highest BCUT2D eigenvalue weighted by atomic mass is 35.5. The number of hydrogen-bond acceptors (Lipinski definition) is 4. The third-order valence-corrected chi connectivity index (χ3v) is 7.11. The van der Waals surface area contributed by atoms with Crippen LogP contribution in [0.2, 0.25) is 5.02 Å². The fourth-order valence-corrected chi connectivity index (χ4v) is 4.90. The molecule has 0 saturated carbocycles. The minimum absolute atomic E-state index is 0.0442.